The largest absolute Gasteiger partial charge is 0.324 e. The molecule has 0 bridgehead atoms. The molecule has 0 aliphatic carbocycles. The molecule has 0 fully saturated rings. The van der Waals surface area contributed by atoms with Crippen molar-refractivity contribution in [1.82, 2.24) is 15.2 Å². The lowest BCUT2D eigenvalue weighted by Crippen LogP contribution is -2.47. The molecule has 1 atom stereocenters. The summed E-state index contributed by atoms with van der Waals surface area (Å²) >= 11 is 0. The molecule has 106 valence electrons. The van der Waals surface area contributed by atoms with E-state index in [1.165, 1.54) is 0 Å². The van der Waals surface area contributed by atoms with Crippen LogP contribution < -0.4 is 11.1 Å². The quantitative estimate of drug-likeness (QED) is 0.792. The van der Waals surface area contributed by atoms with Crippen LogP contribution >= 0.6 is 0 Å². The zero-order valence-corrected chi connectivity index (χ0v) is 11.9. The molecule has 1 heterocycles. The van der Waals surface area contributed by atoms with E-state index in [-0.39, 0.29) is 5.91 Å². The number of carbonyl (C=O) groups excluding carboxylic acids is 1. The van der Waals surface area contributed by atoms with Gasteiger partial charge in [0.1, 0.15) is 5.82 Å². The SMILES string of the molecule is CCC(C)(N)C(=O)Nc1ccccc1-c1n[nH]c(C)n1. The van der Waals surface area contributed by atoms with Gasteiger partial charge in [0.2, 0.25) is 5.91 Å². The number of aromatic nitrogens is 3. The van der Waals surface area contributed by atoms with Crippen LogP contribution in [0.4, 0.5) is 5.69 Å². The normalized spacial score (nSPS) is 13.8. The Morgan fingerprint density at radius 1 is 1.45 bits per heavy atom. The fraction of sp³-hybridized carbons (Fsp3) is 0.357. The number of nitrogens with one attached hydrogen (secondary N) is 2. The molecule has 2 rings (SSSR count). The summed E-state index contributed by atoms with van der Waals surface area (Å²) in [5.74, 6) is 1.05. The van der Waals surface area contributed by atoms with E-state index in [1.54, 1.807) is 6.92 Å². The molecule has 0 saturated carbocycles. The number of amides is 1. The number of aryl methyl sites for hydroxylation is 1. The van der Waals surface area contributed by atoms with Crippen LogP contribution in [0, 0.1) is 6.92 Å². The van der Waals surface area contributed by atoms with Crippen molar-refractivity contribution in [1.29, 1.82) is 0 Å². The Kier molecular flexibility index (Phi) is 3.85. The third-order valence-corrected chi connectivity index (χ3v) is 3.27. The number of para-hydroxylation sites is 1. The van der Waals surface area contributed by atoms with Gasteiger partial charge in [-0.15, -0.1) is 0 Å². The third kappa shape index (κ3) is 2.85. The lowest BCUT2D eigenvalue weighted by Gasteiger charge is -2.22. The van der Waals surface area contributed by atoms with Crippen molar-refractivity contribution in [2.75, 3.05) is 5.32 Å². The number of hydrogen-bond donors (Lipinski definition) is 3. The maximum atomic E-state index is 12.2. The van der Waals surface area contributed by atoms with Crippen molar-refractivity contribution in [2.24, 2.45) is 5.73 Å². The predicted molar refractivity (Wildman–Crippen MR) is 78.1 cm³/mol. The Bertz CT molecular complexity index is 618. The van der Waals surface area contributed by atoms with E-state index in [4.69, 9.17) is 5.73 Å². The maximum Gasteiger partial charge on any atom is 0.244 e. The molecule has 4 N–H and O–H groups in total. The van der Waals surface area contributed by atoms with Crippen LogP contribution in [-0.4, -0.2) is 26.6 Å². The Morgan fingerprint density at radius 3 is 2.75 bits per heavy atom. The number of rotatable bonds is 4. The van der Waals surface area contributed by atoms with Crippen LogP contribution in [0.1, 0.15) is 26.1 Å². The lowest BCUT2D eigenvalue weighted by atomic mass is 9.99. The van der Waals surface area contributed by atoms with Crippen molar-refractivity contribution >= 4 is 11.6 Å². The number of benzene rings is 1. The van der Waals surface area contributed by atoms with Gasteiger partial charge in [0.05, 0.1) is 11.2 Å². The first-order valence-electron chi connectivity index (χ1n) is 6.53. The van der Waals surface area contributed by atoms with Crippen LogP contribution in [0.5, 0.6) is 0 Å². The molecule has 0 spiro atoms. The predicted octanol–water partition coefficient (Wildman–Crippen LogP) is 1.85. The van der Waals surface area contributed by atoms with Gasteiger partial charge in [0.15, 0.2) is 5.82 Å². The molecule has 0 aliphatic heterocycles. The molecule has 1 unspecified atom stereocenters. The first-order chi connectivity index (χ1) is 9.44. The van der Waals surface area contributed by atoms with E-state index in [0.717, 1.165) is 11.4 Å². The molecular formula is C14H19N5O. The lowest BCUT2D eigenvalue weighted by molar-refractivity contribution is -0.120. The average molecular weight is 273 g/mol. The minimum atomic E-state index is -0.901. The summed E-state index contributed by atoms with van der Waals surface area (Å²) < 4.78 is 0. The molecule has 0 aliphatic rings. The fourth-order valence-corrected chi connectivity index (χ4v) is 1.68. The van der Waals surface area contributed by atoms with Crippen LogP contribution in [0.2, 0.25) is 0 Å². The molecular weight excluding hydrogens is 254 g/mol. The van der Waals surface area contributed by atoms with Gasteiger partial charge in [0.25, 0.3) is 0 Å². The van der Waals surface area contributed by atoms with E-state index in [1.807, 2.05) is 38.1 Å². The standard InChI is InChI=1S/C14H19N5O/c1-4-14(3,15)13(20)17-11-8-6-5-7-10(11)12-16-9(2)18-19-12/h5-8H,4,15H2,1-3H3,(H,17,20)(H,16,18,19). The number of carbonyl (C=O) groups is 1. The van der Waals surface area contributed by atoms with Crippen molar-refractivity contribution in [3.8, 4) is 11.4 Å². The van der Waals surface area contributed by atoms with Crippen molar-refractivity contribution < 1.29 is 4.79 Å². The molecule has 6 nitrogen and oxygen atoms in total. The first kappa shape index (κ1) is 14.2. The Balaban J connectivity index is 2.32. The summed E-state index contributed by atoms with van der Waals surface area (Å²) in [5.41, 5.74) is 6.47. The minimum Gasteiger partial charge on any atom is -0.324 e. The van der Waals surface area contributed by atoms with E-state index in [9.17, 15) is 4.79 Å². The monoisotopic (exact) mass is 273 g/mol. The highest BCUT2D eigenvalue weighted by molar-refractivity contribution is 6.00. The van der Waals surface area contributed by atoms with Gasteiger partial charge in [-0.05, 0) is 32.4 Å². The van der Waals surface area contributed by atoms with Crippen LogP contribution in [0.15, 0.2) is 24.3 Å². The maximum absolute atomic E-state index is 12.2. The highest BCUT2D eigenvalue weighted by Gasteiger charge is 2.26. The van der Waals surface area contributed by atoms with Crippen LogP contribution in [-0.2, 0) is 4.79 Å². The highest BCUT2D eigenvalue weighted by atomic mass is 16.2. The summed E-state index contributed by atoms with van der Waals surface area (Å²) in [5, 5.41) is 9.76. The second-order valence-corrected chi connectivity index (χ2v) is 5.02. The summed E-state index contributed by atoms with van der Waals surface area (Å²) in [6.07, 6.45) is 0.556. The van der Waals surface area contributed by atoms with Gasteiger partial charge in [0, 0.05) is 5.56 Å². The zero-order valence-electron chi connectivity index (χ0n) is 11.9. The fourth-order valence-electron chi connectivity index (χ4n) is 1.68. The van der Waals surface area contributed by atoms with Gasteiger partial charge >= 0.3 is 0 Å². The Hall–Kier alpha value is -2.21. The molecule has 1 amide bonds. The molecule has 6 heteroatoms. The molecule has 2 aromatic rings. The summed E-state index contributed by atoms with van der Waals surface area (Å²) in [6.45, 7) is 5.41. The molecule has 0 radical (unpaired) electrons. The highest BCUT2D eigenvalue weighted by Crippen LogP contribution is 2.25. The summed E-state index contributed by atoms with van der Waals surface area (Å²) in [7, 11) is 0. The third-order valence-electron chi connectivity index (χ3n) is 3.27. The van der Waals surface area contributed by atoms with Crippen molar-refractivity contribution in [3.63, 3.8) is 0 Å². The Labute approximate surface area is 117 Å². The number of hydrogen-bond acceptors (Lipinski definition) is 4. The number of nitrogens with zero attached hydrogens (tertiary/aromatic N) is 2. The number of nitrogens with two attached hydrogens (primary N) is 1. The van der Waals surface area contributed by atoms with Crippen LogP contribution in [0.25, 0.3) is 11.4 Å². The van der Waals surface area contributed by atoms with Gasteiger partial charge < -0.3 is 11.1 Å². The van der Waals surface area contributed by atoms with E-state index in [0.29, 0.717) is 17.9 Å². The van der Waals surface area contributed by atoms with E-state index < -0.39 is 5.54 Å². The molecule has 0 saturated heterocycles. The van der Waals surface area contributed by atoms with E-state index >= 15 is 0 Å². The summed E-state index contributed by atoms with van der Waals surface area (Å²) in [6, 6.07) is 7.39. The van der Waals surface area contributed by atoms with Gasteiger partial charge in [-0.1, -0.05) is 19.1 Å². The number of H-pyrrole nitrogens is 1. The van der Waals surface area contributed by atoms with Gasteiger partial charge in [-0.3, -0.25) is 9.89 Å². The van der Waals surface area contributed by atoms with Gasteiger partial charge in [-0.2, -0.15) is 5.10 Å². The van der Waals surface area contributed by atoms with Crippen molar-refractivity contribution in [2.45, 2.75) is 32.7 Å². The summed E-state index contributed by atoms with van der Waals surface area (Å²) in [4.78, 5) is 16.5. The molecule has 1 aromatic carbocycles. The molecule has 20 heavy (non-hydrogen) atoms. The van der Waals surface area contributed by atoms with Gasteiger partial charge in [-0.25, -0.2) is 4.98 Å². The van der Waals surface area contributed by atoms with E-state index in [2.05, 4.69) is 20.5 Å². The smallest absolute Gasteiger partial charge is 0.244 e. The topological polar surface area (TPSA) is 96.7 Å². The van der Waals surface area contributed by atoms with Crippen molar-refractivity contribution in [3.05, 3.63) is 30.1 Å². The molecule has 1 aromatic heterocycles. The van der Waals surface area contributed by atoms with Crippen LogP contribution in [0.3, 0.4) is 0 Å². The second-order valence-electron chi connectivity index (χ2n) is 5.02. The average Bonchev–Trinajstić information content (AvgIpc) is 2.85. The number of aromatic amines is 1. The minimum absolute atomic E-state index is 0.222. The zero-order chi connectivity index (χ0) is 14.8. The second kappa shape index (κ2) is 5.42. The Morgan fingerprint density at radius 2 is 2.15 bits per heavy atom. The first-order valence-corrected chi connectivity index (χ1v) is 6.53. The number of anilines is 1.